The molecule has 3 aliphatic rings. The Balaban J connectivity index is 0.00000171. The third kappa shape index (κ3) is 4.56. The van der Waals surface area contributed by atoms with E-state index < -0.39 is 6.09 Å². The molecular weight excluding hydrogens is 432 g/mol. The largest absolute Gasteiger partial charge is 1.00 e. The topological polar surface area (TPSA) is 49.8 Å². The Morgan fingerprint density at radius 2 is 1.97 bits per heavy atom. The van der Waals surface area contributed by atoms with Crippen LogP contribution < -0.4 is 34.3 Å². The van der Waals surface area contributed by atoms with Crippen LogP contribution in [-0.4, -0.2) is 47.1 Å². The summed E-state index contributed by atoms with van der Waals surface area (Å²) in [4.78, 5) is 14.0. The molecule has 0 saturated heterocycles. The molecule has 3 aliphatic carbocycles. The van der Waals surface area contributed by atoms with Crippen molar-refractivity contribution in [2.24, 2.45) is 17.3 Å². The second-order valence-corrected chi connectivity index (χ2v) is 9.90. The average Bonchev–Trinajstić information content (AvgIpc) is 3.02. The van der Waals surface area contributed by atoms with E-state index in [1.807, 2.05) is 12.1 Å². The molecular formula is C23H32Cl2NNaO3. The first-order valence-electron chi connectivity index (χ1n) is 10.9. The minimum Gasteiger partial charge on any atom is -1.00 e. The number of halogens is 2. The molecule has 7 heteroatoms. The van der Waals surface area contributed by atoms with Crippen molar-refractivity contribution in [3.63, 3.8) is 0 Å². The molecule has 0 bridgehead atoms. The fourth-order valence-electron chi connectivity index (χ4n) is 6.26. The van der Waals surface area contributed by atoms with Crippen molar-refractivity contribution < 1.29 is 45.6 Å². The Morgan fingerprint density at radius 1 is 1.23 bits per heavy atom. The van der Waals surface area contributed by atoms with Crippen LogP contribution in [0.15, 0.2) is 18.2 Å². The number of aliphatic hydroxyl groups excluding tert-OH is 1. The van der Waals surface area contributed by atoms with Gasteiger partial charge in [0.15, 0.2) is 0 Å². The van der Waals surface area contributed by atoms with Gasteiger partial charge in [-0.05, 0) is 85.0 Å². The Labute approximate surface area is 213 Å². The van der Waals surface area contributed by atoms with Crippen molar-refractivity contribution >= 4 is 29.3 Å². The van der Waals surface area contributed by atoms with Gasteiger partial charge in [-0.15, -0.1) is 23.2 Å². The van der Waals surface area contributed by atoms with E-state index in [-0.39, 0.29) is 42.5 Å². The molecule has 2 fully saturated rings. The Morgan fingerprint density at radius 3 is 2.67 bits per heavy atom. The van der Waals surface area contributed by atoms with Crippen LogP contribution >= 0.6 is 23.2 Å². The first kappa shape index (κ1) is 24.7. The van der Waals surface area contributed by atoms with E-state index in [1.54, 1.807) is 4.90 Å². The molecule has 0 heterocycles. The third-order valence-corrected chi connectivity index (χ3v) is 8.16. The van der Waals surface area contributed by atoms with Crippen molar-refractivity contribution in [1.29, 1.82) is 0 Å². The molecule has 0 unspecified atom stereocenters. The number of rotatable bonds is 5. The Kier molecular flexibility index (Phi) is 8.48. The molecule has 1 aromatic carbocycles. The number of carbonyl (C=O) groups excluding carboxylic acids is 1. The second kappa shape index (κ2) is 10.3. The predicted octanol–water partition coefficient (Wildman–Crippen LogP) is 2.30. The van der Waals surface area contributed by atoms with Gasteiger partial charge in [0, 0.05) is 24.8 Å². The number of aliphatic hydroxyl groups is 1. The number of aryl methyl sites for hydroxylation is 1. The fraction of sp³-hybridized carbons (Fsp3) is 0.696. The molecule has 162 valence electrons. The summed E-state index contributed by atoms with van der Waals surface area (Å²) in [5.41, 5.74) is 2.82. The average molecular weight is 464 g/mol. The molecule has 1 aromatic rings. The number of carbonyl (C=O) groups is 1. The minimum atomic E-state index is -0.395. The van der Waals surface area contributed by atoms with E-state index in [1.165, 1.54) is 11.1 Å². The number of benzene rings is 1. The van der Waals surface area contributed by atoms with Crippen molar-refractivity contribution in [1.82, 2.24) is 4.90 Å². The summed E-state index contributed by atoms with van der Waals surface area (Å²) in [7, 11) is 0. The summed E-state index contributed by atoms with van der Waals surface area (Å²) in [5.74, 6) is 3.16. The Hall–Kier alpha value is 0.0300. The van der Waals surface area contributed by atoms with Crippen LogP contribution in [0.4, 0.5) is 4.79 Å². The zero-order valence-electron chi connectivity index (χ0n) is 19.1. The molecule has 30 heavy (non-hydrogen) atoms. The number of amides is 1. The van der Waals surface area contributed by atoms with Crippen molar-refractivity contribution in [2.75, 3.05) is 24.8 Å². The van der Waals surface area contributed by atoms with E-state index in [2.05, 4.69) is 13.0 Å². The first-order valence-corrected chi connectivity index (χ1v) is 11.9. The summed E-state index contributed by atoms with van der Waals surface area (Å²) >= 11 is 11.6. The standard InChI is InChI=1S/C23H31Cl2NO3.Na.H/c1-23-9-8-18-17-5-3-16(29-22(28)26(12-10-24)13-11-25)14-15(17)2-4-19(18)20(23)6-7-21(23)27;;/h3,5,14,18-21,27H,2,4,6-13H2,1H3;;/q;+1;-1/t18-,19-,20+,21+,23+;;/m1../s1. The molecule has 0 spiro atoms. The van der Waals surface area contributed by atoms with E-state index in [0.29, 0.717) is 48.4 Å². The zero-order valence-corrected chi connectivity index (χ0v) is 21.6. The summed E-state index contributed by atoms with van der Waals surface area (Å²) in [6.45, 7) is 3.15. The van der Waals surface area contributed by atoms with Crippen molar-refractivity contribution in [2.45, 2.75) is 57.5 Å². The molecule has 4 rings (SSSR count). The maximum Gasteiger partial charge on any atom is 1.00 e. The van der Waals surface area contributed by atoms with Gasteiger partial charge in [0.1, 0.15) is 5.75 Å². The van der Waals surface area contributed by atoms with Gasteiger partial charge in [0.05, 0.1) is 6.10 Å². The number of hydrogen-bond donors (Lipinski definition) is 1. The summed E-state index contributed by atoms with van der Waals surface area (Å²) in [6.07, 6.45) is 5.98. The number of alkyl halides is 2. The van der Waals surface area contributed by atoms with E-state index in [9.17, 15) is 9.90 Å². The molecule has 5 atom stereocenters. The van der Waals surface area contributed by atoms with E-state index in [4.69, 9.17) is 27.9 Å². The van der Waals surface area contributed by atoms with Crippen molar-refractivity contribution in [3.05, 3.63) is 29.3 Å². The normalized spacial score (nSPS) is 31.7. The molecule has 1 amide bonds. The fourth-order valence-corrected chi connectivity index (χ4v) is 6.67. The number of ether oxygens (including phenoxy) is 1. The molecule has 0 aliphatic heterocycles. The van der Waals surface area contributed by atoms with Gasteiger partial charge in [-0.25, -0.2) is 4.79 Å². The molecule has 4 nitrogen and oxygen atoms in total. The van der Waals surface area contributed by atoms with Crippen LogP contribution in [0, 0.1) is 17.3 Å². The van der Waals surface area contributed by atoms with E-state index in [0.717, 1.165) is 38.5 Å². The molecule has 0 aromatic heterocycles. The molecule has 1 N–H and O–H groups in total. The summed E-state index contributed by atoms with van der Waals surface area (Å²) in [6, 6.07) is 6.13. The van der Waals surface area contributed by atoms with Gasteiger partial charge in [-0.3, -0.25) is 0 Å². The number of nitrogens with zero attached hydrogens (tertiary/aromatic N) is 1. The molecule has 0 radical (unpaired) electrons. The summed E-state index contributed by atoms with van der Waals surface area (Å²) in [5, 5.41) is 10.5. The van der Waals surface area contributed by atoms with E-state index >= 15 is 0 Å². The summed E-state index contributed by atoms with van der Waals surface area (Å²) < 4.78 is 5.62. The SMILES string of the molecule is C[C@]12CC[C@@H]3c4ccc(OC(=O)N(CCCl)CCCl)cc4CC[C@H]3[C@@H]1CC[C@@H]2O.[H-].[Na+]. The van der Waals surface area contributed by atoms with Gasteiger partial charge < -0.3 is 16.2 Å². The molecule has 2 saturated carbocycles. The number of hydrogen-bond acceptors (Lipinski definition) is 3. The quantitative estimate of drug-likeness (QED) is 0.538. The van der Waals surface area contributed by atoms with Crippen LogP contribution in [0.25, 0.3) is 0 Å². The second-order valence-electron chi connectivity index (χ2n) is 9.15. The first-order chi connectivity index (χ1) is 14.0. The van der Waals surface area contributed by atoms with Gasteiger partial charge in [-0.1, -0.05) is 13.0 Å². The zero-order chi connectivity index (χ0) is 20.6. The van der Waals surface area contributed by atoms with Crippen LogP contribution in [0.1, 0.15) is 57.5 Å². The van der Waals surface area contributed by atoms with Gasteiger partial charge in [0.2, 0.25) is 0 Å². The maximum absolute atomic E-state index is 12.4. The third-order valence-electron chi connectivity index (χ3n) is 7.82. The van der Waals surface area contributed by atoms with Gasteiger partial charge in [-0.2, -0.15) is 0 Å². The van der Waals surface area contributed by atoms with Crippen molar-refractivity contribution in [3.8, 4) is 5.75 Å². The van der Waals surface area contributed by atoms with Crippen LogP contribution in [0.2, 0.25) is 0 Å². The maximum atomic E-state index is 12.4. The Bertz CT molecular complexity index is 764. The smallest absolute Gasteiger partial charge is 1.00 e. The van der Waals surface area contributed by atoms with Crippen LogP contribution in [-0.2, 0) is 6.42 Å². The minimum absolute atomic E-state index is 0. The van der Waals surface area contributed by atoms with Gasteiger partial charge >= 0.3 is 35.7 Å². The van der Waals surface area contributed by atoms with Gasteiger partial charge in [0.25, 0.3) is 0 Å². The van der Waals surface area contributed by atoms with Crippen LogP contribution in [0.3, 0.4) is 0 Å². The predicted molar refractivity (Wildman–Crippen MR) is 117 cm³/mol. The number of fused-ring (bicyclic) bond motifs is 5. The monoisotopic (exact) mass is 463 g/mol. The van der Waals surface area contributed by atoms with Crippen LogP contribution in [0.5, 0.6) is 5.75 Å².